The van der Waals surface area contributed by atoms with Gasteiger partial charge in [-0.15, -0.1) is 16.2 Å². The smallest absolute Gasteiger partial charge is 0.347 e. The maximum absolute atomic E-state index is 11.6. The molecule has 0 spiro atoms. The summed E-state index contributed by atoms with van der Waals surface area (Å²) in [5.74, 6) is -1.25. The third-order valence-corrected chi connectivity index (χ3v) is 3.97. The largest absolute Gasteiger partial charge is 0.477 e. The van der Waals surface area contributed by atoms with E-state index in [2.05, 4.69) is 4.83 Å². The zero-order valence-corrected chi connectivity index (χ0v) is 9.72. The highest BCUT2D eigenvalue weighted by atomic mass is 32.2. The lowest BCUT2D eigenvalue weighted by molar-refractivity contribution is 0.0698. The number of carboxylic acids is 1. The van der Waals surface area contributed by atoms with Crippen LogP contribution in [0.3, 0.4) is 0 Å². The van der Waals surface area contributed by atoms with E-state index in [0.29, 0.717) is 0 Å². The molecule has 0 saturated carbocycles. The van der Waals surface area contributed by atoms with Crippen LogP contribution in [0.1, 0.15) is 9.67 Å². The van der Waals surface area contributed by atoms with Gasteiger partial charge in [0.25, 0.3) is 10.0 Å². The van der Waals surface area contributed by atoms with Crippen LogP contribution >= 0.6 is 11.3 Å². The van der Waals surface area contributed by atoms with Crippen molar-refractivity contribution in [1.29, 1.82) is 0 Å². The number of nitrogens with zero attached hydrogens (tertiary/aromatic N) is 1. The minimum atomic E-state index is -3.79. The number of hydrogen-bond donors (Lipinski definition) is 2. The van der Waals surface area contributed by atoms with Crippen molar-refractivity contribution in [2.24, 2.45) is 0 Å². The first kappa shape index (κ1) is 12.1. The lowest BCUT2D eigenvalue weighted by atomic mass is 10.5. The molecule has 0 aromatic carbocycles. The van der Waals surface area contributed by atoms with Crippen molar-refractivity contribution in [2.75, 3.05) is 14.1 Å². The Bertz CT molecular complexity index is 463. The van der Waals surface area contributed by atoms with Gasteiger partial charge in [0.1, 0.15) is 9.77 Å². The van der Waals surface area contributed by atoms with Crippen LogP contribution in [-0.2, 0) is 10.0 Å². The fraction of sp³-hybridized carbons (Fsp3) is 0.286. The molecule has 0 amide bonds. The lowest BCUT2D eigenvalue weighted by Crippen LogP contribution is -2.36. The Hall–Kier alpha value is -0.960. The van der Waals surface area contributed by atoms with Gasteiger partial charge >= 0.3 is 5.97 Å². The van der Waals surface area contributed by atoms with Gasteiger partial charge in [-0.2, -0.15) is 0 Å². The Morgan fingerprint density at radius 2 is 2.13 bits per heavy atom. The van der Waals surface area contributed by atoms with E-state index in [9.17, 15) is 13.2 Å². The number of carbonyl (C=O) groups is 1. The second-order valence-electron chi connectivity index (χ2n) is 2.91. The molecule has 0 bridgehead atoms. The predicted molar refractivity (Wildman–Crippen MR) is 55.3 cm³/mol. The second-order valence-corrected chi connectivity index (χ2v) is 5.45. The molecule has 0 aliphatic carbocycles. The molecule has 6 nitrogen and oxygen atoms in total. The molecule has 1 aromatic rings. The number of rotatable bonds is 4. The average molecular weight is 250 g/mol. The molecule has 0 saturated heterocycles. The summed E-state index contributed by atoms with van der Waals surface area (Å²) in [6, 6.07) is 1.26. The van der Waals surface area contributed by atoms with Crippen LogP contribution in [0.4, 0.5) is 0 Å². The summed E-state index contributed by atoms with van der Waals surface area (Å²) in [5, 5.41) is 11.4. The number of hydrogen-bond acceptors (Lipinski definition) is 5. The summed E-state index contributed by atoms with van der Waals surface area (Å²) in [6.45, 7) is 0. The highest BCUT2D eigenvalue weighted by Crippen LogP contribution is 2.21. The van der Waals surface area contributed by atoms with Crippen LogP contribution in [0.25, 0.3) is 0 Å². The summed E-state index contributed by atoms with van der Waals surface area (Å²) in [6.07, 6.45) is 0. The maximum atomic E-state index is 11.6. The van der Waals surface area contributed by atoms with E-state index in [4.69, 9.17) is 5.11 Å². The van der Waals surface area contributed by atoms with Gasteiger partial charge in [0.05, 0.1) is 0 Å². The summed E-state index contributed by atoms with van der Waals surface area (Å²) in [4.78, 5) is 12.5. The summed E-state index contributed by atoms with van der Waals surface area (Å²) >= 11 is 0.874. The molecule has 1 heterocycles. The topological polar surface area (TPSA) is 86.7 Å². The van der Waals surface area contributed by atoms with Crippen LogP contribution in [0.5, 0.6) is 0 Å². The summed E-state index contributed by atoms with van der Waals surface area (Å²) < 4.78 is 23.2. The van der Waals surface area contributed by atoms with Gasteiger partial charge in [-0.1, -0.05) is 0 Å². The maximum Gasteiger partial charge on any atom is 0.347 e. The molecule has 0 atom stereocenters. The molecule has 15 heavy (non-hydrogen) atoms. The Balaban J connectivity index is 3.16. The van der Waals surface area contributed by atoms with Crippen LogP contribution in [0.15, 0.2) is 16.3 Å². The van der Waals surface area contributed by atoms with Crippen LogP contribution in [0.2, 0.25) is 0 Å². The SMILES string of the molecule is CN(C)NS(=O)(=O)c1ccsc1C(=O)O. The number of nitrogens with one attached hydrogen (secondary N) is 1. The van der Waals surface area contributed by atoms with Crippen molar-refractivity contribution in [3.05, 3.63) is 16.3 Å². The highest BCUT2D eigenvalue weighted by Gasteiger charge is 2.23. The van der Waals surface area contributed by atoms with Gasteiger partial charge in [0.2, 0.25) is 0 Å². The molecule has 1 rings (SSSR count). The number of hydrazine groups is 1. The molecular weight excluding hydrogens is 240 g/mol. The van der Waals surface area contributed by atoms with Crippen LogP contribution in [-0.4, -0.2) is 38.6 Å². The fourth-order valence-corrected chi connectivity index (χ4v) is 3.30. The monoisotopic (exact) mass is 250 g/mol. The Labute approximate surface area is 91.2 Å². The Kier molecular flexibility index (Phi) is 3.45. The van der Waals surface area contributed by atoms with Gasteiger partial charge in [0.15, 0.2) is 0 Å². The molecule has 1 aromatic heterocycles. The number of sulfonamides is 1. The zero-order valence-electron chi connectivity index (χ0n) is 8.09. The highest BCUT2D eigenvalue weighted by molar-refractivity contribution is 7.89. The van der Waals surface area contributed by atoms with Gasteiger partial charge < -0.3 is 5.11 Å². The molecular formula is C7H10N2O4S2. The van der Waals surface area contributed by atoms with E-state index in [1.165, 1.54) is 30.6 Å². The molecule has 8 heteroatoms. The van der Waals surface area contributed by atoms with Crippen molar-refractivity contribution >= 4 is 27.3 Å². The fourth-order valence-electron chi connectivity index (χ4n) is 0.955. The van der Waals surface area contributed by atoms with E-state index in [0.717, 1.165) is 11.3 Å². The van der Waals surface area contributed by atoms with E-state index in [1.54, 1.807) is 0 Å². The number of carboxylic acid groups (broad SMARTS) is 1. The molecule has 0 radical (unpaired) electrons. The third-order valence-electron chi connectivity index (χ3n) is 1.42. The van der Waals surface area contributed by atoms with Crippen molar-refractivity contribution in [3.63, 3.8) is 0 Å². The predicted octanol–water partition coefficient (Wildman–Crippen LogP) is 0.201. The normalized spacial score (nSPS) is 11.9. The standard InChI is InChI=1S/C7H10N2O4S2/c1-9(2)8-15(12,13)5-3-4-14-6(5)7(10)11/h3-4,8H,1-2H3,(H,10,11). The van der Waals surface area contributed by atoms with E-state index in [1.807, 2.05) is 0 Å². The Morgan fingerprint density at radius 3 is 2.60 bits per heavy atom. The van der Waals surface area contributed by atoms with E-state index < -0.39 is 16.0 Å². The van der Waals surface area contributed by atoms with Crippen LogP contribution in [0, 0.1) is 0 Å². The van der Waals surface area contributed by atoms with Gasteiger partial charge in [-0.3, -0.25) is 0 Å². The molecule has 0 aliphatic heterocycles. The molecule has 0 fully saturated rings. The minimum Gasteiger partial charge on any atom is -0.477 e. The number of thiophene rings is 1. The van der Waals surface area contributed by atoms with E-state index in [-0.39, 0.29) is 9.77 Å². The Morgan fingerprint density at radius 1 is 1.53 bits per heavy atom. The summed E-state index contributed by atoms with van der Waals surface area (Å²) in [5.41, 5.74) is 0. The van der Waals surface area contributed by atoms with Crippen LogP contribution < -0.4 is 4.83 Å². The summed E-state index contributed by atoms with van der Waals surface area (Å²) in [7, 11) is -0.778. The average Bonchev–Trinajstić information content (AvgIpc) is 2.48. The molecule has 0 unspecified atom stereocenters. The van der Waals surface area contributed by atoms with Gasteiger partial charge in [0, 0.05) is 14.1 Å². The first-order valence-corrected chi connectivity index (χ1v) is 6.21. The molecule has 2 N–H and O–H groups in total. The first-order chi connectivity index (χ1) is 6.84. The second kappa shape index (κ2) is 4.27. The quantitative estimate of drug-likeness (QED) is 0.745. The third kappa shape index (κ3) is 2.75. The lowest BCUT2D eigenvalue weighted by Gasteiger charge is -2.11. The van der Waals surface area contributed by atoms with Crippen molar-refractivity contribution in [3.8, 4) is 0 Å². The zero-order chi connectivity index (χ0) is 11.6. The number of aromatic carboxylic acids is 1. The van der Waals surface area contributed by atoms with E-state index >= 15 is 0 Å². The van der Waals surface area contributed by atoms with Gasteiger partial charge in [-0.25, -0.2) is 18.2 Å². The molecule has 84 valence electrons. The first-order valence-electron chi connectivity index (χ1n) is 3.85. The van der Waals surface area contributed by atoms with Crippen molar-refractivity contribution < 1.29 is 18.3 Å². The van der Waals surface area contributed by atoms with Crippen molar-refractivity contribution in [2.45, 2.75) is 4.90 Å². The van der Waals surface area contributed by atoms with Gasteiger partial charge in [-0.05, 0) is 11.4 Å². The molecule has 0 aliphatic rings. The minimum absolute atomic E-state index is 0.190. The van der Waals surface area contributed by atoms with Crippen molar-refractivity contribution in [1.82, 2.24) is 9.84 Å².